The molecule has 2 aromatic carbocycles. The molecule has 0 fully saturated rings. The first-order valence-corrected chi connectivity index (χ1v) is 6.36. The van der Waals surface area contributed by atoms with Crippen LogP contribution in [0, 0.1) is 11.6 Å². The van der Waals surface area contributed by atoms with Gasteiger partial charge in [0, 0.05) is 4.47 Å². The van der Waals surface area contributed by atoms with Gasteiger partial charge in [-0.25, -0.2) is 8.78 Å². The fourth-order valence-corrected chi connectivity index (χ4v) is 2.38. The largest absolute Gasteiger partial charge is 0.497 e. The van der Waals surface area contributed by atoms with Gasteiger partial charge in [0.25, 0.3) is 0 Å². The molecule has 2 N–H and O–H groups in total. The lowest BCUT2D eigenvalue weighted by Gasteiger charge is -2.15. The van der Waals surface area contributed by atoms with Gasteiger partial charge in [-0.15, -0.1) is 0 Å². The minimum atomic E-state index is -0.905. The van der Waals surface area contributed by atoms with Gasteiger partial charge in [-0.05, 0) is 35.4 Å². The summed E-state index contributed by atoms with van der Waals surface area (Å²) < 4.78 is 32.0. The molecule has 0 aromatic heterocycles. The number of hydrogen-bond donors (Lipinski definition) is 1. The molecule has 0 aliphatic heterocycles. The fraction of sp³-hybridized carbons (Fsp3) is 0.143. The number of halogens is 3. The molecule has 0 spiro atoms. The van der Waals surface area contributed by atoms with Crippen molar-refractivity contribution in [3.8, 4) is 5.75 Å². The van der Waals surface area contributed by atoms with Crippen LogP contribution in [0.1, 0.15) is 17.2 Å². The van der Waals surface area contributed by atoms with E-state index in [0.717, 1.165) is 22.2 Å². The Labute approximate surface area is 118 Å². The summed E-state index contributed by atoms with van der Waals surface area (Å²) in [7, 11) is 1.57. The first-order valence-electron chi connectivity index (χ1n) is 5.57. The summed E-state index contributed by atoms with van der Waals surface area (Å²) >= 11 is 3.39. The Morgan fingerprint density at radius 3 is 2.42 bits per heavy atom. The van der Waals surface area contributed by atoms with Gasteiger partial charge in [0.05, 0.1) is 13.2 Å². The molecular formula is C14H12BrF2NO. The second-order valence-corrected chi connectivity index (χ2v) is 4.89. The van der Waals surface area contributed by atoms with Gasteiger partial charge in [-0.3, -0.25) is 0 Å². The van der Waals surface area contributed by atoms with Crippen LogP contribution in [0.15, 0.2) is 40.9 Å². The lowest BCUT2D eigenvalue weighted by atomic mass is 9.99. The standard InChI is InChI=1S/C14H12BrF2NO/c1-19-9-3-4-10(11(15)7-9)14(18)8-2-5-12(16)13(17)6-8/h2-7,14H,18H2,1H3. The molecular weight excluding hydrogens is 316 g/mol. The molecule has 19 heavy (non-hydrogen) atoms. The van der Waals surface area contributed by atoms with Crippen LogP contribution < -0.4 is 10.5 Å². The molecule has 2 aromatic rings. The molecule has 0 aliphatic carbocycles. The molecule has 0 saturated heterocycles. The minimum Gasteiger partial charge on any atom is -0.497 e. The zero-order valence-corrected chi connectivity index (χ0v) is 11.7. The van der Waals surface area contributed by atoms with Crippen molar-refractivity contribution >= 4 is 15.9 Å². The second kappa shape index (κ2) is 5.67. The maximum absolute atomic E-state index is 13.2. The van der Waals surface area contributed by atoms with Crippen LogP contribution in [0.4, 0.5) is 8.78 Å². The molecule has 0 heterocycles. The van der Waals surface area contributed by atoms with Gasteiger partial charge in [0.2, 0.25) is 0 Å². The van der Waals surface area contributed by atoms with E-state index < -0.39 is 17.7 Å². The Morgan fingerprint density at radius 2 is 1.84 bits per heavy atom. The molecule has 100 valence electrons. The SMILES string of the molecule is COc1ccc(C(N)c2ccc(F)c(F)c2)c(Br)c1. The molecule has 0 aliphatic rings. The predicted molar refractivity (Wildman–Crippen MR) is 73.1 cm³/mol. The van der Waals surface area contributed by atoms with Crippen molar-refractivity contribution in [2.75, 3.05) is 7.11 Å². The topological polar surface area (TPSA) is 35.2 Å². The summed E-state index contributed by atoms with van der Waals surface area (Å²) in [6, 6.07) is 8.43. The molecule has 0 bridgehead atoms. The van der Waals surface area contributed by atoms with Crippen molar-refractivity contribution in [2.45, 2.75) is 6.04 Å². The number of ether oxygens (including phenoxy) is 1. The molecule has 1 atom stereocenters. The van der Waals surface area contributed by atoms with Crippen LogP contribution in [0.2, 0.25) is 0 Å². The molecule has 5 heteroatoms. The number of rotatable bonds is 3. The van der Waals surface area contributed by atoms with E-state index in [1.807, 2.05) is 0 Å². The van der Waals surface area contributed by atoms with Gasteiger partial charge in [-0.2, -0.15) is 0 Å². The molecule has 1 unspecified atom stereocenters. The van der Waals surface area contributed by atoms with E-state index in [1.165, 1.54) is 6.07 Å². The highest BCUT2D eigenvalue weighted by Crippen LogP contribution is 2.30. The highest BCUT2D eigenvalue weighted by Gasteiger charge is 2.14. The number of nitrogens with two attached hydrogens (primary N) is 1. The lowest BCUT2D eigenvalue weighted by molar-refractivity contribution is 0.414. The maximum Gasteiger partial charge on any atom is 0.159 e. The summed E-state index contributed by atoms with van der Waals surface area (Å²) in [5.41, 5.74) is 7.34. The normalized spacial score (nSPS) is 12.3. The van der Waals surface area contributed by atoms with Crippen LogP contribution in [0.25, 0.3) is 0 Å². The van der Waals surface area contributed by atoms with Gasteiger partial charge < -0.3 is 10.5 Å². The lowest BCUT2D eigenvalue weighted by Crippen LogP contribution is -2.13. The summed E-state index contributed by atoms with van der Waals surface area (Å²) in [6.07, 6.45) is 0. The van der Waals surface area contributed by atoms with Gasteiger partial charge >= 0.3 is 0 Å². The van der Waals surface area contributed by atoms with Crippen LogP contribution >= 0.6 is 15.9 Å². The Bertz CT molecular complexity index is 604. The van der Waals surface area contributed by atoms with E-state index in [-0.39, 0.29) is 0 Å². The zero-order chi connectivity index (χ0) is 14.0. The highest BCUT2D eigenvalue weighted by atomic mass is 79.9. The van der Waals surface area contributed by atoms with E-state index in [0.29, 0.717) is 11.3 Å². The highest BCUT2D eigenvalue weighted by molar-refractivity contribution is 9.10. The zero-order valence-electron chi connectivity index (χ0n) is 10.2. The summed E-state index contributed by atoms with van der Waals surface area (Å²) in [5, 5.41) is 0. The van der Waals surface area contributed by atoms with Crippen molar-refractivity contribution in [1.29, 1.82) is 0 Å². The third-order valence-corrected chi connectivity index (χ3v) is 3.53. The smallest absolute Gasteiger partial charge is 0.159 e. The average Bonchev–Trinajstić information content (AvgIpc) is 2.41. The van der Waals surface area contributed by atoms with Crippen LogP contribution in [-0.2, 0) is 0 Å². The second-order valence-electron chi connectivity index (χ2n) is 4.04. The van der Waals surface area contributed by atoms with Crippen LogP contribution in [0.3, 0.4) is 0 Å². The quantitative estimate of drug-likeness (QED) is 0.931. The Hall–Kier alpha value is -1.46. The van der Waals surface area contributed by atoms with E-state index in [9.17, 15) is 8.78 Å². The molecule has 0 radical (unpaired) electrons. The molecule has 2 nitrogen and oxygen atoms in total. The number of methoxy groups -OCH3 is 1. The fourth-order valence-electron chi connectivity index (χ4n) is 1.77. The summed E-state index contributed by atoms with van der Waals surface area (Å²) in [6.45, 7) is 0. The van der Waals surface area contributed by atoms with Gasteiger partial charge in [-0.1, -0.05) is 28.1 Å². The summed E-state index contributed by atoms with van der Waals surface area (Å²) in [5.74, 6) is -1.10. The van der Waals surface area contributed by atoms with E-state index in [1.54, 1.807) is 25.3 Å². The molecule has 0 saturated carbocycles. The maximum atomic E-state index is 13.2. The molecule has 0 amide bonds. The van der Waals surface area contributed by atoms with E-state index in [2.05, 4.69) is 15.9 Å². The van der Waals surface area contributed by atoms with Crippen molar-refractivity contribution in [1.82, 2.24) is 0 Å². The Balaban J connectivity index is 2.38. The molecule has 2 rings (SSSR count). The van der Waals surface area contributed by atoms with Crippen molar-refractivity contribution in [3.63, 3.8) is 0 Å². The summed E-state index contributed by atoms with van der Waals surface area (Å²) in [4.78, 5) is 0. The van der Waals surface area contributed by atoms with E-state index >= 15 is 0 Å². The average molecular weight is 328 g/mol. The van der Waals surface area contributed by atoms with Crippen molar-refractivity contribution < 1.29 is 13.5 Å². The van der Waals surface area contributed by atoms with Crippen molar-refractivity contribution in [3.05, 3.63) is 63.6 Å². The van der Waals surface area contributed by atoms with Crippen molar-refractivity contribution in [2.24, 2.45) is 5.73 Å². The van der Waals surface area contributed by atoms with Crippen LogP contribution in [-0.4, -0.2) is 7.11 Å². The van der Waals surface area contributed by atoms with E-state index in [4.69, 9.17) is 10.5 Å². The first kappa shape index (κ1) is 14.0. The first-order chi connectivity index (χ1) is 9.02. The predicted octanol–water partition coefficient (Wildman–Crippen LogP) is 3.78. The van der Waals surface area contributed by atoms with Gasteiger partial charge in [0.15, 0.2) is 11.6 Å². The van der Waals surface area contributed by atoms with Crippen LogP contribution in [0.5, 0.6) is 5.75 Å². The Morgan fingerprint density at radius 1 is 1.11 bits per heavy atom. The van der Waals surface area contributed by atoms with Gasteiger partial charge in [0.1, 0.15) is 5.75 Å². The third kappa shape index (κ3) is 2.93. The number of hydrogen-bond acceptors (Lipinski definition) is 2. The third-order valence-electron chi connectivity index (χ3n) is 2.85. The number of benzene rings is 2. The minimum absolute atomic E-state index is 0.504. The Kier molecular flexibility index (Phi) is 4.17. The monoisotopic (exact) mass is 327 g/mol.